The molecular formula is C14H21N3O. The molecule has 1 atom stereocenters. The minimum atomic E-state index is 0.0720. The van der Waals surface area contributed by atoms with Crippen LogP contribution in [0.25, 0.3) is 0 Å². The molecule has 0 saturated carbocycles. The molecule has 4 nitrogen and oxygen atoms in total. The predicted molar refractivity (Wildman–Crippen MR) is 71.3 cm³/mol. The van der Waals surface area contributed by atoms with E-state index in [2.05, 4.69) is 15.6 Å². The van der Waals surface area contributed by atoms with E-state index in [0.717, 1.165) is 43.2 Å². The van der Waals surface area contributed by atoms with Gasteiger partial charge in [-0.2, -0.15) is 0 Å². The van der Waals surface area contributed by atoms with E-state index in [-0.39, 0.29) is 5.91 Å². The van der Waals surface area contributed by atoms with Gasteiger partial charge in [-0.25, -0.2) is 0 Å². The Morgan fingerprint density at radius 2 is 2.50 bits per heavy atom. The SMILES string of the molecule is Cc1cccnc1CC(=O)NCCC1CCNC1. The topological polar surface area (TPSA) is 54.0 Å². The summed E-state index contributed by atoms with van der Waals surface area (Å²) in [7, 11) is 0. The molecule has 0 bridgehead atoms. The van der Waals surface area contributed by atoms with Crippen LogP contribution < -0.4 is 10.6 Å². The predicted octanol–water partition coefficient (Wildman–Crippen LogP) is 1.05. The average molecular weight is 247 g/mol. The van der Waals surface area contributed by atoms with Gasteiger partial charge >= 0.3 is 0 Å². The summed E-state index contributed by atoms with van der Waals surface area (Å²) in [6.45, 7) is 4.97. The molecule has 1 aromatic rings. The molecule has 0 radical (unpaired) electrons. The molecule has 98 valence electrons. The van der Waals surface area contributed by atoms with E-state index in [9.17, 15) is 4.79 Å². The maximum absolute atomic E-state index is 11.8. The molecule has 0 aromatic carbocycles. The fraction of sp³-hybridized carbons (Fsp3) is 0.571. The van der Waals surface area contributed by atoms with Crippen molar-refractivity contribution < 1.29 is 4.79 Å². The fourth-order valence-electron chi connectivity index (χ4n) is 2.29. The molecule has 2 heterocycles. The van der Waals surface area contributed by atoms with Gasteiger partial charge in [-0.15, -0.1) is 0 Å². The first kappa shape index (κ1) is 13.0. The van der Waals surface area contributed by atoms with Crippen LogP contribution >= 0.6 is 0 Å². The minimum Gasteiger partial charge on any atom is -0.356 e. The number of pyridine rings is 1. The van der Waals surface area contributed by atoms with Gasteiger partial charge in [0.1, 0.15) is 0 Å². The van der Waals surface area contributed by atoms with E-state index in [1.54, 1.807) is 6.20 Å². The number of aryl methyl sites for hydroxylation is 1. The first-order valence-corrected chi connectivity index (χ1v) is 6.63. The van der Waals surface area contributed by atoms with Crippen LogP contribution in [0, 0.1) is 12.8 Å². The summed E-state index contributed by atoms with van der Waals surface area (Å²) < 4.78 is 0. The highest BCUT2D eigenvalue weighted by Crippen LogP contribution is 2.10. The van der Waals surface area contributed by atoms with E-state index in [4.69, 9.17) is 0 Å². The third kappa shape index (κ3) is 3.81. The number of rotatable bonds is 5. The van der Waals surface area contributed by atoms with Crippen LogP contribution in [-0.2, 0) is 11.2 Å². The van der Waals surface area contributed by atoms with Crippen LogP contribution in [0.15, 0.2) is 18.3 Å². The third-order valence-electron chi connectivity index (χ3n) is 3.48. The maximum atomic E-state index is 11.8. The second kappa shape index (κ2) is 6.50. The summed E-state index contributed by atoms with van der Waals surface area (Å²) >= 11 is 0. The molecule has 1 aliphatic heterocycles. The Bertz CT molecular complexity index is 400. The Balaban J connectivity index is 1.70. The first-order valence-electron chi connectivity index (χ1n) is 6.63. The standard InChI is InChI=1S/C14H21N3O/c1-11-3-2-6-16-13(11)9-14(18)17-8-5-12-4-7-15-10-12/h2-3,6,12,15H,4-5,7-10H2,1H3,(H,17,18). The molecule has 1 fully saturated rings. The van der Waals surface area contributed by atoms with E-state index >= 15 is 0 Å². The lowest BCUT2D eigenvalue weighted by Gasteiger charge is -2.09. The largest absolute Gasteiger partial charge is 0.356 e. The van der Waals surface area contributed by atoms with Crippen molar-refractivity contribution in [2.24, 2.45) is 5.92 Å². The summed E-state index contributed by atoms with van der Waals surface area (Å²) in [6.07, 6.45) is 4.42. The molecule has 1 amide bonds. The Morgan fingerprint density at radius 1 is 1.61 bits per heavy atom. The monoisotopic (exact) mass is 247 g/mol. The van der Waals surface area contributed by atoms with Crippen molar-refractivity contribution in [3.05, 3.63) is 29.6 Å². The third-order valence-corrected chi connectivity index (χ3v) is 3.48. The van der Waals surface area contributed by atoms with Crippen LogP contribution in [0.3, 0.4) is 0 Å². The van der Waals surface area contributed by atoms with Crippen molar-refractivity contribution in [2.75, 3.05) is 19.6 Å². The van der Waals surface area contributed by atoms with Crippen LogP contribution in [0.4, 0.5) is 0 Å². The lowest BCUT2D eigenvalue weighted by Crippen LogP contribution is -2.28. The summed E-state index contributed by atoms with van der Waals surface area (Å²) in [5.74, 6) is 0.796. The number of aromatic nitrogens is 1. The molecule has 0 spiro atoms. The average Bonchev–Trinajstić information content (AvgIpc) is 2.85. The second-order valence-electron chi connectivity index (χ2n) is 4.94. The molecule has 2 rings (SSSR count). The van der Waals surface area contributed by atoms with Gasteiger partial charge in [-0.1, -0.05) is 6.07 Å². The van der Waals surface area contributed by atoms with Crippen LogP contribution in [-0.4, -0.2) is 30.5 Å². The molecule has 18 heavy (non-hydrogen) atoms. The number of nitrogens with one attached hydrogen (secondary N) is 2. The second-order valence-corrected chi connectivity index (χ2v) is 4.94. The normalized spacial score (nSPS) is 18.8. The Hall–Kier alpha value is -1.42. The van der Waals surface area contributed by atoms with Gasteiger partial charge < -0.3 is 10.6 Å². The van der Waals surface area contributed by atoms with E-state index < -0.39 is 0 Å². The molecule has 1 aromatic heterocycles. The summed E-state index contributed by atoms with van der Waals surface area (Å²) in [4.78, 5) is 16.0. The molecule has 1 saturated heterocycles. The zero-order valence-electron chi connectivity index (χ0n) is 10.9. The zero-order valence-corrected chi connectivity index (χ0v) is 10.9. The fourth-order valence-corrected chi connectivity index (χ4v) is 2.29. The first-order chi connectivity index (χ1) is 8.75. The van der Waals surface area contributed by atoms with Gasteiger partial charge in [0.2, 0.25) is 5.91 Å². The Morgan fingerprint density at radius 3 is 3.22 bits per heavy atom. The van der Waals surface area contributed by atoms with Crippen LogP contribution in [0.5, 0.6) is 0 Å². The molecule has 1 unspecified atom stereocenters. The molecule has 1 aliphatic rings. The van der Waals surface area contributed by atoms with Gasteiger partial charge in [-0.3, -0.25) is 9.78 Å². The number of nitrogens with zero attached hydrogens (tertiary/aromatic N) is 1. The van der Waals surface area contributed by atoms with Crippen molar-refractivity contribution in [1.29, 1.82) is 0 Å². The summed E-state index contributed by atoms with van der Waals surface area (Å²) in [5, 5.41) is 6.31. The highest BCUT2D eigenvalue weighted by molar-refractivity contribution is 5.78. The van der Waals surface area contributed by atoms with Gasteiger partial charge in [0, 0.05) is 12.7 Å². The molecular weight excluding hydrogens is 226 g/mol. The zero-order chi connectivity index (χ0) is 12.8. The van der Waals surface area contributed by atoms with Gasteiger partial charge in [-0.05, 0) is 50.4 Å². The highest BCUT2D eigenvalue weighted by Gasteiger charge is 2.14. The lowest BCUT2D eigenvalue weighted by molar-refractivity contribution is -0.120. The number of carbonyl (C=O) groups is 1. The van der Waals surface area contributed by atoms with Gasteiger partial charge in [0.15, 0.2) is 0 Å². The van der Waals surface area contributed by atoms with Crippen molar-refractivity contribution in [2.45, 2.75) is 26.2 Å². The quantitative estimate of drug-likeness (QED) is 0.817. The van der Waals surface area contributed by atoms with Crippen molar-refractivity contribution in [1.82, 2.24) is 15.6 Å². The highest BCUT2D eigenvalue weighted by atomic mass is 16.1. The van der Waals surface area contributed by atoms with Gasteiger partial charge in [0.05, 0.1) is 12.1 Å². The maximum Gasteiger partial charge on any atom is 0.226 e. The van der Waals surface area contributed by atoms with E-state index in [1.807, 2.05) is 19.1 Å². The molecule has 4 heteroatoms. The number of carbonyl (C=O) groups excluding carboxylic acids is 1. The molecule has 0 aliphatic carbocycles. The van der Waals surface area contributed by atoms with Crippen molar-refractivity contribution >= 4 is 5.91 Å². The number of hydrogen-bond donors (Lipinski definition) is 2. The molecule has 2 N–H and O–H groups in total. The summed E-state index contributed by atoms with van der Waals surface area (Å²) in [5.41, 5.74) is 1.95. The van der Waals surface area contributed by atoms with Crippen LogP contribution in [0.2, 0.25) is 0 Å². The summed E-state index contributed by atoms with van der Waals surface area (Å²) in [6, 6.07) is 3.88. The van der Waals surface area contributed by atoms with Crippen molar-refractivity contribution in [3.8, 4) is 0 Å². The van der Waals surface area contributed by atoms with Crippen molar-refractivity contribution in [3.63, 3.8) is 0 Å². The smallest absolute Gasteiger partial charge is 0.226 e. The Labute approximate surface area is 108 Å². The number of amides is 1. The lowest BCUT2D eigenvalue weighted by atomic mass is 10.1. The van der Waals surface area contributed by atoms with E-state index in [1.165, 1.54) is 6.42 Å². The Kier molecular flexibility index (Phi) is 4.70. The van der Waals surface area contributed by atoms with Gasteiger partial charge in [0.25, 0.3) is 0 Å². The minimum absolute atomic E-state index is 0.0720. The number of hydrogen-bond acceptors (Lipinski definition) is 3. The van der Waals surface area contributed by atoms with Crippen LogP contribution in [0.1, 0.15) is 24.1 Å². The van der Waals surface area contributed by atoms with E-state index in [0.29, 0.717) is 6.42 Å².